The van der Waals surface area contributed by atoms with Gasteiger partial charge in [-0.3, -0.25) is 9.79 Å². The number of carbonyl (C=O) groups is 1. The van der Waals surface area contributed by atoms with Crippen molar-refractivity contribution in [1.82, 2.24) is 4.90 Å². The second-order valence-electron chi connectivity index (χ2n) is 5.94. The maximum absolute atomic E-state index is 13.1. The summed E-state index contributed by atoms with van der Waals surface area (Å²) in [5, 5.41) is 3.79. The van der Waals surface area contributed by atoms with Crippen LogP contribution in [0.3, 0.4) is 0 Å². The number of benzene rings is 2. The number of nitrogens with zero attached hydrogens (tertiary/aromatic N) is 2. The van der Waals surface area contributed by atoms with E-state index in [1.54, 1.807) is 30.3 Å². The van der Waals surface area contributed by atoms with Gasteiger partial charge in [0.2, 0.25) is 0 Å². The van der Waals surface area contributed by atoms with Gasteiger partial charge >= 0.3 is 0 Å². The van der Waals surface area contributed by atoms with Crippen molar-refractivity contribution >= 4 is 62.5 Å². The van der Waals surface area contributed by atoms with E-state index in [4.69, 9.17) is 28.9 Å². The zero-order valence-corrected chi connectivity index (χ0v) is 17.6. The molecule has 0 saturated heterocycles. The highest BCUT2D eigenvalue weighted by Crippen LogP contribution is 2.34. The van der Waals surface area contributed by atoms with Gasteiger partial charge in [-0.15, -0.1) is 0 Å². The maximum atomic E-state index is 13.1. The maximum Gasteiger partial charge on any atom is 0.258 e. The van der Waals surface area contributed by atoms with Crippen molar-refractivity contribution in [3.05, 3.63) is 67.7 Å². The fourth-order valence-corrected chi connectivity index (χ4v) is 4.13. The third-order valence-corrected chi connectivity index (χ3v) is 5.49. The fourth-order valence-electron chi connectivity index (χ4n) is 2.93. The molecule has 1 aliphatic heterocycles. The van der Waals surface area contributed by atoms with Crippen molar-refractivity contribution < 1.29 is 4.79 Å². The number of hydrogen-bond acceptors (Lipinski definition) is 4. The lowest BCUT2D eigenvalue weighted by Gasteiger charge is -2.31. The molecular weight excluding hydrogens is 451 g/mol. The van der Waals surface area contributed by atoms with E-state index in [-0.39, 0.29) is 21.5 Å². The molecule has 140 valence electrons. The number of hydrogen-bond donors (Lipinski definition) is 2. The van der Waals surface area contributed by atoms with Gasteiger partial charge in [-0.25, -0.2) is 0 Å². The SMILES string of the molecule is CN=CC(=CN)c1cc(Cl)c(C(=O)N2CNc3c(Br)cccc3C2)c(Cl)c1. The highest BCUT2D eigenvalue weighted by atomic mass is 79.9. The first kappa shape index (κ1) is 19.7. The summed E-state index contributed by atoms with van der Waals surface area (Å²) < 4.78 is 0.964. The molecule has 27 heavy (non-hydrogen) atoms. The van der Waals surface area contributed by atoms with Crippen LogP contribution in [0.5, 0.6) is 0 Å². The molecule has 0 fully saturated rings. The van der Waals surface area contributed by atoms with Crippen molar-refractivity contribution in [2.75, 3.05) is 19.0 Å². The predicted molar refractivity (Wildman–Crippen MR) is 116 cm³/mol. The molecule has 0 atom stereocenters. The van der Waals surface area contributed by atoms with Crippen molar-refractivity contribution in [2.45, 2.75) is 6.54 Å². The van der Waals surface area contributed by atoms with E-state index >= 15 is 0 Å². The van der Waals surface area contributed by atoms with Crippen LogP contribution in [-0.2, 0) is 6.54 Å². The number of nitrogens with two attached hydrogens (primary N) is 1. The zero-order valence-electron chi connectivity index (χ0n) is 14.5. The minimum absolute atomic E-state index is 0.239. The van der Waals surface area contributed by atoms with Crippen LogP contribution in [0.25, 0.3) is 5.57 Å². The number of rotatable bonds is 3. The Balaban J connectivity index is 1.92. The average molecular weight is 468 g/mol. The van der Waals surface area contributed by atoms with E-state index in [0.29, 0.717) is 24.4 Å². The van der Waals surface area contributed by atoms with Crippen molar-refractivity contribution in [1.29, 1.82) is 0 Å². The third-order valence-electron chi connectivity index (χ3n) is 4.23. The molecule has 3 N–H and O–H groups in total. The van der Waals surface area contributed by atoms with Gasteiger partial charge in [0.1, 0.15) is 0 Å². The van der Waals surface area contributed by atoms with E-state index in [1.165, 1.54) is 6.20 Å². The standard InChI is InChI=1S/C19H17BrCl2N4O/c1-24-8-13(7-23)12-5-15(21)17(16(22)6-12)19(27)26-9-11-3-2-4-14(20)18(11)25-10-26/h2-8,25H,9-10,23H2,1H3. The second kappa shape index (κ2) is 8.33. The highest BCUT2D eigenvalue weighted by Gasteiger charge is 2.26. The van der Waals surface area contributed by atoms with Gasteiger partial charge in [0.05, 0.1) is 28.0 Å². The van der Waals surface area contributed by atoms with Gasteiger partial charge in [-0.05, 0) is 45.3 Å². The molecule has 2 aromatic carbocycles. The van der Waals surface area contributed by atoms with Crippen LogP contribution in [0.1, 0.15) is 21.5 Å². The van der Waals surface area contributed by atoms with Gasteiger partial charge in [0.25, 0.3) is 5.91 Å². The number of nitrogens with one attached hydrogen (secondary N) is 1. The first-order valence-corrected chi connectivity index (χ1v) is 9.65. The largest absolute Gasteiger partial charge is 0.404 e. The summed E-state index contributed by atoms with van der Waals surface area (Å²) in [7, 11) is 1.64. The lowest BCUT2D eigenvalue weighted by atomic mass is 10.0. The number of aliphatic imine (C=N–C) groups is 1. The molecular formula is C19H17BrCl2N4O. The van der Waals surface area contributed by atoms with Crippen LogP contribution in [-0.4, -0.2) is 30.7 Å². The summed E-state index contributed by atoms with van der Waals surface area (Å²) in [6.07, 6.45) is 3.02. The Morgan fingerprint density at radius 3 is 2.67 bits per heavy atom. The molecule has 0 bridgehead atoms. The lowest BCUT2D eigenvalue weighted by Crippen LogP contribution is -2.38. The number of para-hydroxylation sites is 1. The molecule has 8 heteroatoms. The molecule has 1 heterocycles. The number of carbonyl (C=O) groups excluding carboxylic acids is 1. The van der Waals surface area contributed by atoms with E-state index < -0.39 is 0 Å². The van der Waals surface area contributed by atoms with Gasteiger partial charge < -0.3 is 16.0 Å². The van der Waals surface area contributed by atoms with Crippen LogP contribution in [0.15, 0.2) is 46.0 Å². The summed E-state index contributed by atoms with van der Waals surface area (Å²) in [5.74, 6) is -0.239. The second-order valence-corrected chi connectivity index (χ2v) is 7.60. The van der Waals surface area contributed by atoms with Crippen molar-refractivity contribution in [3.8, 4) is 0 Å². The molecule has 0 radical (unpaired) electrons. The monoisotopic (exact) mass is 466 g/mol. The topological polar surface area (TPSA) is 70.7 Å². The number of halogens is 3. The summed E-state index contributed by atoms with van der Waals surface area (Å²) in [5.41, 5.74) is 9.27. The smallest absolute Gasteiger partial charge is 0.258 e. The van der Waals surface area contributed by atoms with Gasteiger partial charge in [-0.2, -0.15) is 0 Å². The third kappa shape index (κ3) is 3.98. The van der Waals surface area contributed by atoms with Gasteiger partial charge in [-0.1, -0.05) is 35.3 Å². The first-order valence-electron chi connectivity index (χ1n) is 8.10. The highest BCUT2D eigenvalue weighted by molar-refractivity contribution is 9.10. The minimum atomic E-state index is -0.239. The van der Waals surface area contributed by atoms with Crippen molar-refractivity contribution in [3.63, 3.8) is 0 Å². The number of anilines is 1. The van der Waals surface area contributed by atoms with Gasteiger partial charge in [0, 0.05) is 36.1 Å². The number of allylic oxidation sites excluding steroid dienone is 1. The Morgan fingerprint density at radius 1 is 1.33 bits per heavy atom. The zero-order chi connectivity index (χ0) is 19.6. The quantitative estimate of drug-likeness (QED) is 0.638. The molecule has 1 aliphatic rings. The predicted octanol–water partition coefficient (Wildman–Crippen LogP) is 4.78. The Kier molecular flexibility index (Phi) is 6.09. The lowest BCUT2D eigenvalue weighted by molar-refractivity contribution is 0.0750. The van der Waals surface area contributed by atoms with E-state index in [1.807, 2.05) is 18.2 Å². The summed E-state index contributed by atoms with van der Waals surface area (Å²) in [6.45, 7) is 0.824. The summed E-state index contributed by atoms with van der Waals surface area (Å²) in [6, 6.07) is 9.20. The van der Waals surface area contributed by atoms with Crippen LogP contribution >= 0.6 is 39.1 Å². The molecule has 3 rings (SSSR count). The van der Waals surface area contributed by atoms with Crippen LogP contribution in [0.4, 0.5) is 5.69 Å². The fraction of sp³-hybridized carbons (Fsp3) is 0.158. The van der Waals surface area contributed by atoms with Crippen molar-refractivity contribution in [2.24, 2.45) is 10.7 Å². The van der Waals surface area contributed by atoms with E-state index in [0.717, 1.165) is 15.7 Å². The molecule has 0 aliphatic carbocycles. The molecule has 1 amide bonds. The average Bonchev–Trinajstić information content (AvgIpc) is 2.65. The molecule has 5 nitrogen and oxygen atoms in total. The Labute approximate surface area is 176 Å². The Hall–Kier alpha value is -2.02. The first-order chi connectivity index (χ1) is 13.0. The van der Waals surface area contributed by atoms with Crippen LogP contribution < -0.4 is 11.1 Å². The number of amides is 1. The molecule has 2 aromatic rings. The van der Waals surface area contributed by atoms with E-state index in [2.05, 4.69) is 26.2 Å². The Morgan fingerprint density at radius 2 is 2.04 bits per heavy atom. The molecule has 0 unspecified atom stereocenters. The minimum Gasteiger partial charge on any atom is -0.404 e. The normalized spacial score (nSPS) is 14.2. The summed E-state index contributed by atoms with van der Waals surface area (Å²) >= 11 is 16.3. The number of fused-ring (bicyclic) bond motifs is 1. The van der Waals surface area contributed by atoms with Gasteiger partial charge in [0.15, 0.2) is 0 Å². The van der Waals surface area contributed by atoms with Crippen LogP contribution in [0, 0.1) is 0 Å². The molecule has 0 aromatic heterocycles. The molecule has 0 spiro atoms. The van der Waals surface area contributed by atoms with E-state index in [9.17, 15) is 4.79 Å². The molecule has 0 saturated carbocycles. The Bertz CT molecular complexity index is 936. The summed E-state index contributed by atoms with van der Waals surface area (Å²) in [4.78, 5) is 18.7. The van der Waals surface area contributed by atoms with Crippen LogP contribution in [0.2, 0.25) is 10.0 Å².